The van der Waals surface area contributed by atoms with Crippen molar-refractivity contribution in [3.63, 3.8) is 0 Å². The second kappa shape index (κ2) is 9.25. The van der Waals surface area contributed by atoms with Crippen LogP contribution in [0.4, 0.5) is 0 Å². The number of methoxy groups -OCH3 is 1. The van der Waals surface area contributed by atoms with E-state index in [4.69, 9.17) is 9.72 Å². The number of hydrogen-bond acceptors (Lipinski definition) is 4. The van der Waals surface area contributed by atoms with Crippen LogP contribution in [0.2, 0.25) is 0 Å². The van der Waals surface area contributed by atoms with E-state index < -0.39 is 0 Å². The van der Waals surface area contributed by atoms with Crippen molar-refractivity contribution in [1.29, 1.82) is 0 Å². The molecule has 2 unspecified atom stereocenters. The molecule has 0 radical (unpaired) electrons. The molecular weight excluding hydrogens is 488 g/mol. The molecular formula is C32H36N4O3. The molecule has 4 bridgehead atoms. The number of fused-ring (bicyclic) bond motifs is 1. The van der Waals surface area contributed by atoms with Gasteiger partial charge in [0.05, 0.1) is 13.7 Å². The van der Waals surface area contributed by atoms with Crippen LogP contribution in [0.3, 0.4) is 0 Å². The molecule has 0 N–H and O–H groups in total. The van der Waals surface area contributed by atoms with Gasteiger partial charge in [-0.25, -0.2) is 9.78 Å². The molecule has 7 heteroatoms. The van der Waals surface area contributed by atoms with E-state index in [-0.39, 0.29) is 16.7 Å². The monoisotopic (exact) mass is 524 g/mol. The molecule has 39 heavy (non-hydrogen) atoms. The van der Waals surface area contributed by atoms with Crippen molar-refractivity contribution in [3.8, 4) is 5.75 Å². The van der Waals surface area contributed by atoms with Gasteiger partial charge in [0.15, 0.2) is 11.2 Å². The summed E-state index contributed by atoms with van der Waals surface area (Å²) >= 11 is 0. The van der Waals surface area contributed by atoms with E-state index in [0.717, 1.165) is 47.4 Å². The van der Waals surface area contributed by atoms with Crippen LogP contribution in [0.5, 0.6) is 5.75 Å². The zero-order valence-corrected chi connectivity index (χ0v) is 22.8. The van der Waals surface area contributed by atoms with E-state index in [1.54, 1.807) is 11.7 Å². The van der Waals surface area contributed by atoms with Crippen LogP contribution >= 0.6 is 0 Å². The Balaban J connectivity index is 1.48. The van der Waals surface area contributed by atoms with Gasteiger partial charge in [-0.1, -0.05) is 49.4 Å². The van der Waals surface area contributed by atoms with Crippen molar-refractivity contribution in [2.45, 2.75) is 70.5 Å². The first-order chi connectivity index (χ1) is 19.0. The van der Waals surface area contributed by atoms with Gasteiger partial charge in [-0.05, 0) is 79.5 Å². The molecule has 8 rings (SSSR count). The fourth-order valence-corrected chi connectivity index (χ4v) is 8.23. The number of imidazole rings is 1. The second-order valence-corrected chi connectivity index (χ2v) is 12.1. The fraction of sp³-hybridized carbons (Fsp3) is 0.469. The molecule has 4 aliphatic carbocycles. The maximum atomic E-state index is 14.1. The van der Waals surface area contributed by atoms with E-state index in [1.165, 1.54) is 23.8 Å². The van der Waals surface area contributed by atoms with Crippen molar-refractivity contribution in [1.82, 2.24) is 18.7 Å². The predicted molar refractivity (Wildman–Crippen MR) is 151 cm³/mol. The summed E-state index contributed by atoms with van der Waals surface area (Å²) in [6.45, 7) is 3.33. The maximum Gasteiger partial charge on any atom is 0.333 e. The lowest BCUT2D eigenvalue weighted by Crippen LogP contribution is -2.41. The number of rotatable bonds is 8. The molecule has 4 aliphatic rings. The predicted octanol–water partition coefficient (Wildman–Crippen LogP) is 4.95. The number of hydrogen-bond donors (Lipinski definition) is 0. The van der Waals surface area contributed by atoms with Gasteiger partial charge in [0, 0.05) is 18.5 Å². The van der Waals surface area contributed by atoms with Crippen LogP contribution in [-0.2, 0) is 25.0 Å². The van der Waals surface area contributed by atoms with Crippen molar-refractivity contribution >= 4 is 11.2 Å². The Bertz CT molecular complexity index is 1630. The topological polar surface area (TPSA) is 71.1 Å². The number of benzene rings is 2. The number of aromatic nitrogens is 4. The third kappa shape index (κ3) is 3.80. The van der Waals surface area contributed by atoms with Gasteiger partial charge >= 0.3 is 5.69 Å². The first-order valence-corrected chi connectivity index (χ1v) is 14.4. The highest BCUT2D eigenvalue weighted by atomic mass is 16.5. The smallest absolute Gasteiger partial charge is 0.333 e. The van der Waals surface area contributed by atoms with E-state index in [0.29, 0.717) is 43.1 Å². The lowest BCUT2D eigenvalue weighted by Gasteiger charge is -2.32. The highest BCUT2D eigenvalue weighted by molar-refractivity contribution is 5.72. The third-order valence-electron chi connectivity index (χ3n) is 9.68. The zero-order valence-electron chi connectivity index (χ0n) is 22.8. The molecule has 4 atom stereocenters. The van der Waals surface area contributed by atoms with Crippen molar-refractivity contribution in [2.75, 3.05) is 7.11 Å². The van der Waals surface area contributed by atoms with E-state index >= 15 is 0 Å². The normalized spacial score (nSPS) is 25.1. The van der Waals surface area contributed by atoms with E-state index in [1.807, 2.05) is 49.4 Å². The minimum Gasteiger partial charge on any atom is -0.497 e. The summed E-state index contributed by atoms with van der Waals surface area (Å²) in [4.78, 5) is 33.3. The number of nitrogens with zero attached hydrogens (tertiary/aromatic N) is 4. The van der Waals surface area contributed by atoms with Gasteiger partial charge in [-0.2, -0.15) is 0 Å². The molecule has 2 aromatic heterocycles. The Morgan fingerprint density at radius 2 is 1.54 bits per heavy atom. The lowest BCUT2D eigenvalue weighted by molar-refractivity contribution is 0.258. The molecule has 0 amide bonds. The molecule has 4 saturated carbocycles. The van der Waals surface area contributed by atoms with Gasteiger partial charge in [0.1, 0.15) is 11.6 Å². The van der Waals surface area contributed by atoms with Gasteiger partial charge in [-0.3, -0.25) is 13.9 Å². The summed E-state index contributed by atoms with van der Waals surface area (Å²) in [5.74, 6) is 3.93. The highest BCUT2D eigenvalue weighted by Gasteiger charge is 2.60. The third-order valence-corrected chi connectivity index (χ3v) is 9.68. The average Bonchev–Trinajstić information content (AvgIpc) is 3.53. The largest absolute Gasteiger partial charge is 0.497 e. The van der Waals surface area contributed by atoms with Crippen molar-refractivity contribution in [2.24, 2.45) is 17.8 Å². The van der Waals surface area contributed by atoms with E-state index in [2.05, 4.69) is 16.7 Å². The minimum absolute atomic E-state index is 0.00437. The number of ether oxygens (including phenoxy) is 1. The Labute approximate surface area is 228 Å². The molecule has 7 nitrogen and oxygen atoms in total. The lowest BCUT2D eigenvalue weighted by atomic mass is 9.75. The molecule has 2 aromatic carbocycles. The summed E-state index contributed by atoms with van der Waals surface area (Å²) in [5.41, 5.74) is 2.71. The quantitative estimate of drug-likeness (QED) is 0.327. The molecule has 4 fully saturated rings. The van der Waals surface area contributed by atoms with Crippen LogP contribution in [0.1, 0.15) is 62.4 Å². The molecule has 0 aliphatic heterocycles. The van der Waals surface area contributed by atoms with Crippen molar-refractivity contribution < 1.29 is 4.74 Å². The summed E-state index contributed by atoms with van der Waals surface area (Å²) in [7, 11) is 1.65. The highest BCUT2D eigenvalue weighted by Crippen LogP contribution is 2.65. The summed E-state index contributed by atoms with van der Waals surface area (Å²) in [6, 6.07) is 18.1. The second-order valence-electron chi connectivity index (χ2n) is 12.1. The van der Waals surface area contributed by atoms with Gasteiger partial charge in [0.2, 0.25) is 0 Å². The minimum atomic E-state index is -0.282. The maximum absolute atomic E-state index is 14.1. The molecule has 2 heterocycles. The molecule has 0 spiro atoms. The summed E-state index contributed by atoms with van der Waals surface area (Å²) < 4.78 is 10.7. The van der Waals surface area contributed by atoms with Gasteiger partial charge in [-0.15, -0.1) is 0 Å². The Kier molecular flexibility index (Phi) is 5.79. The summed E-state index contributed by atoms with van der Waals surface area (Å²) in [5, 5.41) is 0. The Morgan fingerprint density at radius 1 is 0.872 bits per heavy atom. The zero-order chi connectivity index (χ0) is 26.7. The van der Waals surface area contributed by atoms with Crippen LogP contribution in [0.15, 0.2) is 64.2 Å². The van der Waals surface area contributed by atoms with Crippen molar-refractivity contribution in [3.05, 3.63) is 92.4 Å². The van der Waals surface area contributed by atoms with Crippen LogP contribution in [0.25, 0.3) is 11.2 Å². The van der Waals surface area contributed by atoms with Gasteiger partial charge < -0.3 is 9.30 Å². The summed E-state index contributed by atoms with van der Waals surface area (Å²) in [6.07, 6.45) is 6.88. The fourth-order valence-electron chi connectivity index (χ4n) is 8.23. The SMILES string of the molecule is CCCn1c(=O)c2c(nc(C34C[C@@H]5CC3C[C@@H](C5)C4)n2Cc2ccccc2)n(Cc2ccc(OC)cc2)c1=O. The van der Waals surface area contributed by atoms with E-state index in [9.17, 15) is 9.59 Å². The molecule has 4 aromatic rings. The Hall–Kier alpha value is -3.61. The van der Waals surface area contributed by atoms with Crippen LogP contribution in [0, 0.1) is 17.8 Å². The van der Waals surface area contributed by atoms with Gasteiger partial charge in [0.25, 0.3) is 5.56 Å². The first kappa shape index (κ1) is 24.4. The molecule has 0 saturated heterocycles. The average molecular weight is 525 g/mol. The Morgan fingerprint density at radius 3 is 2.21 bits per heavy atom. The van der Waals surface area contributed by atoms with Crippen LogP contribution < -0.4 is 16.0 Å². The van der Waals surface area contributed by atoms with Crippen LogP contribution in [-0.4, -0.2) is 25.8 Å². The standard InChI is InChI=1S/C32H36N4O3/c1-3-13-34-29(37)27-28(36(31(34)38)20-22-9-11-26(39-2)12-10-22)33-30(35(27)19-21-7-5-4-6-8-21)32-17-23-14-24(18-32)16-25(32)15-23/h4-12,23-25H,3,13-20H2,1-2H3/t23-,24+,25?,32?. The molecule has 202 valence electrons. The first-order valence-electron chi connectivity index (χ1n) is 14.4.